The molecule has 0 spiro atoms. The molecule has 5 aromatic carbocycles. The zero-order valence-electron chi connectivity index (χ0n) is 23.8. The molecule has 2 unspecified atom stereocenters. The van der Waals surface area contributed by atoms with Gasteiger partial charge in [0.25, 0.3) is 0 Å². The number of hydrogen-bond acceptors (Lipinski definition) is 2. The van der Waals surface area contributed by atoms with Gasteiger partial charge in [0.15, 0.2) is 0 Å². The van der Waals surface area contributed by atoms with Crippen molar-refractivity contribution in [3.05, 3.63) is 172 Å². The SMILES string of the molecule is Cc1ccccc1N1C(c2c(C)cccc2C)N2C(c3ccccc3C2(c2ccccc2)c2ccccc2)[C@@H]1C. The Balaban J connectivity index is 1.63. The molecule has 1 saturated heterocycles. The van der Waals surface area contributed by atoms with E-state index in [0.29, 0.717) is 0 Å². The second-order valence-electron chi connectivity index (χ2n) is 11.5. The lowest BCUT2D eigenvalue weighted by Crippen LogP contribution is -2.46. The monoisotopic (exact) mass is 520 g/mol. The molecule has 5 aromatic rings. The molecule has 40 heavy (non-hydrogen) atoms. The number of para-hydroxylation sites is 1. The first-order chi connectivity index (χ1) is 19.5. The molecular weight excluding hydrogens is 484 g/mol. The fraction of sp³-hybridized carbons (Fsp3) is 0.211. The van der Waals surface area contributed by atoms with Gasteiger partial charge in [0.2, 0.25) is 0 Å². The maximum Gasteiger partial charge on any atom is 0.111 e. The number of nitrogens with zero attached hydrogens (tertiary/aromatic N) is 2. The van der Waals surface area contributed by atoms with Crippen LogP contribution in [0.3, 0.4) is 0 Å². The third kappa shape index (κ3) is 3.39. The maximum absolute atomic E-state index is 2.86. The van der Waals surface area contributed by atoms with E-state index in [4.69, 9.17) is 0 Å². The Morgan fingerprint density at radius 2 is 1.07 bits per heavy atom. The van der Waals surface area contributed by atoms with E-state index in [-0.39, 0.29) is 18.2 Å². The van der Waals surface area contributed by atoms with E-state index >= 15 is 0 Å². The second kappa shape index (κ2) is 9.50. The highest BCUT2D eigenvalue weighted by Crippen LogP contribution is 2.63. The Labute approximate surface area is 238 Å². The summed E-state index contributed by atoms with van der Waals surface area (Å²) in [6.07, 6.45) is 0.0371. The Morgan fingerprint density at radius 1 is 0.550 bits per heavy atom. The van der Waals surface area contributed by atoms with Gasteiger partial charge in [0.1, 0.15) is 11.7 Å². The predicted molar refractivity (Wildman–Crippen MR) is 166 cm³/mol. The summed E-state index contributed by atoms with van der Waals surface area (Å²) in [5.41, 5.74) is 11.7. The number of anilines is 1. The Bertz CT molecular complexity index is 1610. The summed E-state index contributed by atoms with van der Waals surface area (Å²) in [6.45, 7) is 9.25. The van der Waals surface area contributed by atoms with Crippen molar-refractivity contribution in [3.8, 4) is 0 Å². The van der Waals surface area contributed by atoms with E-state index in [2.05, 4.69) is 165 Å². The first-order valence-corrected chi connectivity index (χ1v) is 14.4. The van der Waals surface area contributed by atoms with E-state index in [1.54, 1.807) is 0 Å². The fourth-order valence-electron chi connectivity index (χ4n) is 7.77. The summed E-state index contributed by atoms with van der Waals surface area (Å²) in [4.78, 5) is 5.57. The molecule has 0 bridgehead atoms. The molecule has 2 heterocycles. The summed E-state index contributed by atoms with van der Waals surface area (Å²) < 4.78 is 0. The van der Waals surface area contributed by atoms with Crippen LogP contribution in [0.1, 0.15) is 63.6 Å². The van der Waals surface area contributed by atoms with Crippen molar-refractivity contribution < 1.29 is 0 Å². The smallest absolute Gasteiger partial charge is 0.111 e. The van der Waals surface area contributed by atoms with Crippen molar-refractivity contribution in [1.82, 2.24) is 4.90 Å². The number of benzene rings is 5. The van der Waals surface area contributed by atoms with E-state index in [1.165, 1.54) is 50.2 Å². The first kappa shape index (κ1) is 24.9. The maximum atomic E-state index is 2.86. The minimum Gasteiger partial charge on any atom is -0.347 e. The van der Waals surface area contributed by atoms with Gasteiger partial charge in [-0.25, -0.2) is 0 Å². The minimum absolute atomic E-state index is 0.0371. The average molecular weight is 521 g/mol. The van der Waals surface area contributed by atoms with Crippen LogP contribution in [0.4, 0.5) is 5.69 Å². The van der Waals surface area contributed by atoms with Crippen LogP contribution in [0.15, 0.2) is 127 Å². The van der Waals surface area contributed by atoms with Gasteiger partial charge >= 0.3 is 0 Å². The highest BCUT2D eigenvalue weighted by Gasteiger charge is 2.62. The number of rotatable bonds is 4. The molecule has 2 aliphatic rings. The lowest BCUT2D eigenvalue weighted by atomic mass is 9.76. The van der Waals surface area contributed by atoms with Gasteiger partial charge in [-0.2, -0.15) is 0 Å². The van der Waals surface area contributed by atoms with Crippen LogP contribution >= 0.6 is 0 Å². The molecular formula is C38H36N2. The standard InChI is InChI=1S/C38H36N2/c1-26-16-11-14-25-34(26)39-29(4)36-32-23-12-13-24-33(32)38(30-19-7-5-8-20-30,31-21-9-6-10-22-31)40(36)37(39)35-27(2)17-15-18-28(35)3/h5-25,29,36-37H,1-4H3/t29-,36?,37?/m0/s1. The molecule has 0 amide bonds. The van der Waals surface area contributed by atoms with Gasteiger partial charge in [-0.1, -0.05) is 121 Å². The summed E-state index contributed by atoms with van der Waals surface area (Å²) >= 11 is 0. The number of hydrogen-bond donors (Lipinski definition) is 0. The Hall–Kier alpha value is -4.14. The Kier molecular flexibility index (Phi) is 5.91. The fourth-order valence-corrected chi connectivity index (χ4v) is 7.77. The minimum atomic E-state index is -0.450. The summed E-state index contributed by atoms with van der Waals surface area (Å²) in [5.74, 6) is 0. The van der Waals surface area contributed by atoms with Crippen LogP contribution in [0, 0.1) is 20.8 Å². The topological polar surface area (TPSA) is 6.48 Å². The second-order valence-corrected chi connectivity index (χ2v) is 11.5. The van der Waals surface area contributed by atoms with Crippen molar-refractivity contribution in [2.75, 3.05) is 4.90 Å². The molecule has 1 fully saturated rings. The molecule has 2 aliphatic heterocycles. The summed E-state index contributed by atoms with van der Waals surface area (Å²) in [6, 6.07) is 47.7. The molecule has 198 valence electrons. The highest BCUT2D eigenvalue weighted by molar-refractivity contribution is 5.65. The van der Waals surface area contributed by atoms with Crippen LogP contribution in [-0.4, -0.2) is 10.9 Å². The zero-order chi connectivity index (χ0) is 27.4. The molecule has 7 rings (SSSR count). The third-order valence-electron chi connectivity index (χ3n) is 9.36. The quantitative estimate of drug-likeness (QED) is 0.233. The normalized spacial score (nSPS) is 21.3. The van der Waals surface area contributed by atoms with Crippen molar-refractivity contribution in [2.24, 2.45) is 0 Å². The van der Waals surface area contributed by atoms with Crippen molar-refractivity contribution in [1.29, 1.82) is 0 Å². The number of fused-ring (bicyclic) bond motifs is 3. The van der Waals surface area contributed by atoms with Crippen molar-refractivity contribution >= 4 is 5.69 Å². The molecule has 2 nitrogen and oxygen atoms in total. The van der Waals surface area contributed by atoms with Crippen molar-refractivity contribution in [2.45, 2.75) is 51.5 Å². The van der Waals surface area contributed by atoms with Crippen LogP contribution < -0.4 is 4.90 Å². The molecule has 0 radical (unpaired) electrons. The molecule has 0 aromatic heterocycles. The number of aryl methyl sites for hydroxylation is 3. The van der Waals surface area contributed by atoms with E-state index in [1.807, 2.05) is 0 Å². The van der Waals surface area contributed by atoms with Gasteiger partial charge in [-0.05, 0) is 78.3 Å². The van der Waals surface area contributed by atoms with Crippen molar-refractivity contribution in [3.63, 3.8) is 0 Å². The summed E-state index contributed by atoms with van der Waals surface area (Å²) in [7, 11) is 0. The van der Waals surface area contributed by atoms with Crippen LogP contribution in [0.5, 0.6) is 0 Å². The predicted octanol–water partition coefficient (Wildman–Crippen LogP) is 8.87. The molecule has 2 heteroatoms. The largest absolute Gasteiger partial charge is 0.347 e. The Morgan fingerprint density at radius 3 is 1.70 bits per heavy atom. The van der Waals surface area contributed by atoms with Crippen LogP contribution in [0.25, 0.3) is 0 Å². The first-order valence-electron chi connectivity index (χ1n) is 14.4. The lowest BCUT2D eigenvalue weighted by Gasteiger charge is -2.46. The van der Waals surface area contributed by atoms with E-state index in [9.17, 15) is 0 Å². The van der Waals surface area contributed by atoms with Gasteiger partial charge in [0, 0.05) is 11.7 Å². The van der Waals surface area contributed by atoms with Crippen LogP contribution in [-0.2, 0) is 5.54 Å². The van der Waals surface area contributed by atoms with E-state index in [0.717, 1.165) is 0 Å². The van der Waals surface area contributed by atoms with E-state index < -0.39 is 5.54 Å². The lowest BCUT2D eigenvalue weighted by molar-refractivity contribution is 0.115. The molecule has 0 N–H and O–H groups in total. The highest BCUT2D eigenvalue weighted by atomic mass is 15.5. The zero-order valence-corrected chi connectivity index (χ0v) is 23.8. The van der Waals surface area contributed by atoms with Gasteiger partial charge < -0.3 is 4.90 Å². The summed E-state index contributed by atoms with van der Waals surface area (Å²) in [5, 5.41) is 0. The van der Waals surface area contributed by atoms with Gasteiger partial charge in [-0.3, -0.25) is 4.90 Å². The average Bonchev–Trinajstić information content (AvgIpc) is 3.45. The molecule has 0 saturated carbocycles. The van der Waals surface area contributed by atoms with Gasteiger partial charge in [-0.15, -0.1) is 0 Å². The van der Waals surface area contributed by atoms with Crippen LogP contribution in [0.2, 0.25) is 0 Å². The molecule has 0 aliphatic carbocycles. The third-order valence-corrected chi connectivity index (χ3v) is 9.36. The van der Waals surface area contributed by atoms with Gasteiger partial charge in [0.05, 0.1) is 6.04 Å². The molecule has 3 atom stereocenters.